The summed E-state index contributed by atoms with van der Waals surface area (Å²) in [7, 11) is 0. The maximum atomic E-state index is 5.59. The van der Waals surface area contributed by atoms with Crippen LogP contribution in [0.3, 0.4) is 0 Å². The number of hydrogen-bond donors (Lipinski definition) is 1. The van der Waals surface area contributed by atoms with Crippen molar-refractivity contribution in [1.29, 1.82) is 0 Å². The highest BCUT2D eigenvalue weighted by Crippen LogP contribution is 2.29. The highest BCUT2D eigenvalue weighted by Gasteiger charge is 2.26. The summed E-state index contributed by atoms with van der Waals surface area (Å²) in [6.07, 6.45) is 4.06. The van der Waals surface area contributed by atoms with Crippen LogP contribution in [-0.2, 0) is 4.74 Å². The lowest BCUT2D eigenvalue weighted by Gasteiger charge is -2.35. The summed E-state index contributed by atoms with van der Waals surface area (Å²) >= 11 is 0. The van der Waals surface area contributed by atoms with E-state index in [0.29, 0.717) is 18.0 Å². The van der Waals surface area contributed by atoms with Crippen molar-refractivity contribution < 1.29 is 4.74 Å². The first-order valence-electron chi connectivity index (χ1n) is 7.36. The SMILES string of the molecule is CCOCC(NC1CC(C)CC(C)C1)C(C)C. The third-order valence-electron chi connectivity index (χ3n) is 3.93. The maximum Gasteiger partial charge on any atom is 0.0622 e. The quantitative estimate of drug-likeness (QED) is 0.769. The minimum Gasteiger partial charge on any atom is -0.380 e. The number of hydrogen-bond acceptors (Lipinski definition) is 2. The fraction of sp³-hybridized carbons (Fsp3) is 1.00. The van der Waals surface area contributed by atoms with E-state index in [1.165, 1.54) is 19.3 Å². The number of rotatable bonds is 6. The summed E-state index contributed by atoms with van der Waals surface area (Å²) in [4.78, 5) is 0. The Morgan fingerprint density at radius 1 is 1.12 bits per heavy atom. The first-order valence-corrected chi connectivity index (χ1v) is 7.36. The summed E-state index contributed by atoms with van der Waals surface area (Å²) in [5, 5.41) is 3.83. The average Bonchev–Trinajstić information content (AvgIpc) is 2.22. The molecule has 0 aromatic heterocycles. The fourth-order valence-corrected chi connectivity index (χ4v) is 3.06. The van der Waals surface area contributed by atoms with E-state index in [2.05, 4.69) is 39.9 Å². The van der Waals surface area contributed by atoms with Gasteiger partial charge >= 0.3 is 0 Å². The van der Waals surface area contributed by atoms with E-state index in [1.807, 2.05) is 0 Å². The van der Waals surface area contributed by atoms with Crippen LogP contribution in [0.4, 0.5) is 0 Å². The van der Waals surface area contributed by atoms with Crippen molar-refractivity contribution in [2.24, 2.45) is 17.8 Å². The predicted molar refractivity (Wildman–Crippen MR) is 74.2 cm³/mol. The van der Waals surface area contributed by atoms with Gasteiger partial charge < -0.3 is 10.1 Å². The van der Waals surface area contributed by atoms with Gasteiger partial charge in [0.2, 0.25) is 0 Å². The molecule has 3 unspecified atom stereocenters. The van der Waals surface area contributed by atoms with Crippen LogP contribution in [0.2, 0.25) is 0 Å². The van der Waals surface area contributed by atoms with E-state index in [1.54, 1.807) is 0 Å². The van der Waals surface area contributed by atoms with Crippen molar-refractivity contribution in [3.63, 3.8) is 0 Å². The fourth-order valence-electron chi connectivity index (χ4n) is 3.06. The van der Waals surface area contributed by atoms with Gasteiger partial charge in [0.15, 0.2) is 0 Å². The Balaban J connectivity index is 2.42. The van der Waals surface area contributed by atoms with E-state index in [0.717, 1.165) is 25.0 Å². The molecule has 1 aliphatic carbocycles. The van der Waals surface area contributed by atoms with Crippen LogP contribution in [0.25, 0.3) is 0 Å². The minimum atomic E-state index is 0.512. The van der Waals surface area contributed by atoms with Crippen LogP contribution >= 0.6 is 0 Å². The topological polar surface area (TPSA) is 21.3 Å². The molecule has 0 aromatic rings. The molecule has 0 radical (unpaired) electrons. The van der Waals surface area contributed by atoms with Gasteiger partial charge in [0.25, 0.3) is 0 Å². The summed E-state index contributed by atoms with van der Waals surface area (Å²) < 4.78 is 5.59. The van der Waals surface area contributed by atoms with E-state index in [4.69, 9.17) is 4.74 Å². The molecule has 0 aromatic carbocycles. The zero-order valence-corrected chi connectivity index (χ0v) is 12.3. The Kier molecular flexibility index (Phi) is 6.50. The van der Waals surface area contributed by atoms with Crippen molar-refractivity contribution in [2.75, 3.05) is 13.2 Å². The molecule has 0 aliphatic heterocycles. The highest BCUT2D eigenvalue weighted by atomic mass is 16.5. The molecule has 2 nitrogen and oxygen atoms in total. The molecule has 1 fully saturated rings. The zero-order chi connectivity index (χ0) is 12.8. The number of nitrogens with one attached hydrogen (secondary N) is 1. The maximum absolute atomic E-state index is 5.59. The molecule has 102 valence electrons. The summed E-state index contributed by atoms with van der Waals surface area (Å²) in [6.45, 7) is 13.1. The molecule has 0 amide bonds. The molecular formula is C15H31NO. The second kappa shape index (κ2) is 7.38. The molecular weight excluding hydrogens is 210 g/mol. The summed E-state index contributed by atoms with van der Waals surface area (Å²) in [5.41, 5.74) is 0. The molecule has 1 N–H and O–H groups in total. The zero-order valence-electron chi connectivity index (χ0n) is 12.3. The summed E-state index contributed by atoms with van der Waals surface area (Å²) in [5.74, 6) is 2.39. The van der Waals surface area contributed by atoms with Gasteiger partial charge in [0.05, 0.1) is 6.61 Å². The van der Waals surface area contributed by atoms with Crippen LogP contribution in [0, 0.1) is 17.8 Å². The van der Waals surface area contributed by atoms with Crippen LogP contribution in [0.5, 0.6) is 0 Å². The molecule has 17 heavy (non-hydrogen) atoms. The standard InChI is InChI=1S/C15H31NO/c1-6-17-10-15(11(2)3)16-14-8-12(4)7-13(5)9-14/h11-16H,6-10H2,1-5H3. The van der Waals surface area contributed by atoms with Gasteiger partial charge in [-0.2, -0.15) is 0 Å². The van der Waals surface area contributed by atoms with Crippen LogP contribution in [-0.4, -0.2) is 25.3 Å². The largest absolute Gasteiger partial charge is 0.380 e. The molecule has 0 spiro atoms. The molecule has 1 rings (SSSR count). The third kappa shape index (κ3) is 5.39. The van der Waals surface area contributed by atoms with Gasteiger partial charge in [-0.15, -0.1) is 0 Å². The van der Waals surface area contributed by atoms with Crippen LogP contribution in [0.1, 0.15) is 53.9 Å². The van der Waals surface area contributed by atoms with Gasteiger partial charge in [0, 0.05) is 18.7 Å². The molecule has 1 saturated carbocycles. The molecule has 0 heterocycles. The first kappa shape index (κ1) is 15.0. The highest BCUT2D eigenvalue weighted by molar-refractivity contribution is 4.83. The Labute approximate surface area is 108 Å². The smallest absolute Gasteiger partial charge is 0.0622 e. The molecule has 2 heteroatoms. The lowest BCUT2D eigenvalue weighted by atomic mass is 9.80. The summed E-state index contributed by atoms with van der Waals surface area (Å²) in [6, 6.07) is 1.21. The lowest BCUT2D eigenvalue weighted by Crippen LogP contribution is -2.47. The van der Waals surface area contributed by atoms with Gasteiger partial charge in [-0.05, 0) is 43.9 Å². The van der Waals surface area contributed by atoms with Gasteiger partial charge in [0.1, 0.15) is 0 Å². The second-order valence-electron chi connectivity index (χ2n) is 6.29. The van der Waals surface area contributed by atoms with Gasteiger partial charge in [-0.3, -0.25) is 0 Å². The van der Waals surface area contributed by atoms with Crippen molar-refractivity contribution in [3.8, 4) is 0 Å². The second-order valence-corrected chi connectivity index (χ2v) is 6.29. The van der Waals surface area contributed by atoms with Crippen LogP contribution in [0.15, 0.2) is 0 Å². The van der Waals surface area contributed by atoms with E-state index < -0.39 is 0 Å². The molecule has 3 atom stereocenters. The molecule has 1 aliphatic rings. The normalized spacial score (nSPS) is 31.8. The monoisotopic (exact) mass is 241 g/mol. The first-order chi connectivity index (χ1) is 8.02. The van der Waals surface area contributed by atoms with Crippen molar-refractivity contribution in [3.05, 3.63) is 0 Å². The Morgan fingerprint density at radius 2 is 1.71 bits per heavy atom. The number of ether oxygens (including phenoxy) is 1. The van der Waals surface area contributed by atoms with E-state index in [-0.39, 0.29) is 0 Å². The van der Waals surface area contributed by atoms with E-state index in [9.17, 15) is 0 Å². The molecule has 0 saturated heterocycles. The van der Waals surface area contributed by atoms with Gasteiger partial charge in [-0.1, -0.05) is 27.7 Å². The Morgan fingerprint density at radius 3 is 2.18 bits per heavy atom. The lowest BCUT2D eigenvalue weighted by molar-refractivity contribution is 0.0947. The predicted octanol–water partition coefficient (Wildman–Crippen LogP) is 3.46. The molecule has 0 bridgehead atoms. The van der Waals surface area contributed by atoms with Crippen LogP contribution < -0.4 is 5.32 Å². The van der Waals surface area contributed by atoms with E-state index >= 15 is 0 Å². The van der Waals surface area contributed by atoms with Crippen molar-refractivity contribution in [1.82, 2.24) is 5.32 Å². The Hall–Kier alpha value is -0.0800. The minimum absolute atomic E-state index is 0.512. The third-order valence-corrected chi connectivity index (χ3v) is 3.93. The van der Waals surface area contributed by atoms with Crippen molar-refractivity contribution >= 4 is 0 Å². The van der Waals surface area contributed by atoms with Crippen molar-refractivity contribution in [2.45, 2.75) is 66.0 Å². The Bertz CT molecular complexity index is 195. The average molecular weight is 241 g/mol. The van der Waals surface area contributed by atoms with Gasteiger partial charge in [-0.25, -0.2) is 0 Å².